The van der Waals surface area contributed by atoms with E-state index in [4.69, 9.17) is 18.9 Å². The number of nitrogens with zero attached hydrogens (tertiary/aromatic N) is 4. The molecule has 2 N–H and O–H groups in total. The van der Waals surface area contributed by atoms with Crippen LogP contribution in [0.2, 0.25) is 0 Å². The number of rotatable bonds is 13. The fourth-order valence-corrected chi connectivity index (χ4v) is 4.47. The van der Waals surface area contributed by atoms with Crippen LogP contribution in [0.25, 0.3) is 11.3 Å². The van der Waals surface area contributed by atoms with E-state index >= 15 is 0 Å². The van der Waals surface area contributed by atoms with Crippen molar-refractivity contribution in [2.75, 3.05) is 6.61 Å². The molecule has 2 unspecified atom stereocenters. The monoisotopic (exact) mass is 604 g/mol. The highest BCUT2D eigenvalue weighted by Crippen LogP contribution is 2.29. The van der Waals surface area contributed by atoms with Crippen LogP contribution in [0.1, 0.15) is 45.6 Å². The Labute approximate surface area is 247 Å². The second-order valence-electron chi connectivity index (χ2n) is 9.33. The summed E-state index contributed by atoms with van der Waals surface area (Å²) < 4.78 is 24.7. The molecule has 0 bridgehead atoms. The number of carbonyl (C=O) groups is 4. The second kappa shape index (κ2) is 15.8. The Bertz CT molecular complexity index is 1300. The van der Waals surface area contributed by atoms with E-state index < -0.39 is 54.5 Å². The molecule has 1 aliphatic rings. The molecule has 1 aromatic heterocycles. The molecule has 0 radical (unpaired) electrons. The molecule has 1 fully saturated rings. The van der Waals surface area contributed by atoms with Gasteiger partial charge in [-0.25, -0.2) is 4.68 Å². The summed E-state index contributed by atoms with van der Waals surface area (Å²) in [6.07, 6.45) is -1.82. The molecule has 226 valence electrons. The number of hydrogen-bond donors (Lipinski definition) is 3. The smallest absolute Gasteiger partial charge is 0.325 e. The van der Waals surface area contributed by atoms with Crippen LogP contribution in [0, 0.1) is 11.3 Å². The zero-order valence-corrected chi connectivity index (χ0v) is 24.1. The van der Waals surface area contributed by atoms with Crippen molar-refractivity contribution < 1.29 is 43.0 Å². The van der Waals surface area contributed by atoms with Gasteiger partial charge in [0, 0.05) is 39.4 Å². The summed E-state index contributed by atoms with van der Waals surface area (Å²) in [5.74, 6) is -2.30. The Morgan fingerprint density at radius 1 is 1.12 bits per heavy atom. The number of thiol groups is 1. The molecule has 5 atom stereocenters. The Morgan fingerprint density at radius 3 is 2.52 bits per heavy atom. The third-order valence-corrected chi connectivity index (χ3v) is 6.12. The van der Waals surface area contributed by atoms with Gasteiger partial charge in [0.1, 0.15) is 17.8 Å². The van der Waals surface area contributed by atoms with Crippen molar-refractivity contribution in [3.8, 4) is 17.3 Å². The van der Waals surface area contributed by atoms with Gasteiger partial charge in [-0.3, -0.25) is 19.2 Å². The normalized spacial score (nSPS) is 21.5. The molecular weight excluding hydrogens is 572 g/mol. The lowest BCUT2D eigenvalue weighted by Gasteiger charge is -2.45. The van der Waals surface area contributed by atoms with Crippen molar-refractivity contribution in [3.63, 3.8) is 0 Å². The van der Waals surface area contributed by atoms with Crippen LogP contribution < -0.4 is 10.2 Å². The molecule has 0 aliphatic carbocycles. The summed E-state index contributed by atoms with van der Waals surface area (Å²) in [6.45, 7) is 3.77. The molecule has 0 saturated carbocycles. The van der Waals surface area contributed by atoms with Crippen LogP contribution in [0.4, 0.5) is 0 Å². The number of nitriles is 1. The van der Waals surface area contributed by atoms with Gasteiger partial charge in [0.15, 0.2) is 18.5 Å². The summed E-state index contributed by atoms with van der Waals surface area (Å²) in [4.78, 5) is 54.4. The molecule has 1 aromatic carbocycles. The van der Waals surface area contributed by atoms with Crippen LogP contribution in [-0.2, 0) is 49.5 Å². The Morgan fingerprint density at radius 2 is 1.86 bits per heavy atom. The van der Waals surface area contributed by atoms with Crippen LogP contribution in [0.3, 0.4) is 0 Å². The number of aromatic nitrogens is 3. The lowest BCUT2D eigenvalue weighted by Crippen LogP contribution is -2.66. The first-order valence-corrected chi connectivity index (χ1v) is 13.4. The molecule has 3 rings (SSSR count). The summed E-state index contributed by atoms with van der Waals surface area (Å²) in [6, 6.07) is 7.87. The first-order valence-electron chi connectivity index (χ1n) is 13.0. The van der Waals surface area contributed by atoms with Gasteiger partial charge in [0.25, 0.3) is 0 Å². The second-order valence-corrected chi connectivity index (χ2v) is 9.51. The average Bonchev–Trinajstić information content (AvgIpc) is 3.40. The van der Waals surface area contributed by atoms with Crippen molar-refractivity contribution in [2.24, 2.45) is 0 Å². The maximum absolute atomic E-state index is 12.1. The van der Waals surface area contributed by atoms with E-state index in [1.54, 1.807) is 30.5 Å². The van der Waals surface area contributed by atoms with Crippen molar-refractivity contribution in [3.05, 3.63) is 36.0 Å². The Hall–Kier alpha value is -4.04. The predicted octanol–water partition coefficient (Wildman–Crippen LogP) is 0.989. The van der Waals surface area contributed by atoms with Gasteiger partial charge < -0.3 is 29.1 Å². The zero-order valence-electron chi connectivity index (χ0n) is 23.2. The molecule has 16 heteroatoms. The molecule has 2 aromatic rings. The number of nitrogens with one attached hydrogen (secondary N) is 2. The number of hydrogen-bond acceptors (Lipinski definition) is 14. The van der Waals surface area contributed by atoms with Crippen LogP contribution in [0.15, 0.2) is 30.5 Å². The zero-order chi connectivity index (χ0) is 30.6. The number of unbranched alkanes of at least 4 members (excludes halogenated alkanes) is 1. The van der Waals surface area contributed by atoms with Crippen LogP contribution >= 0.6 is 12.8 Å². The number of benzene rings is 1. The minimum Gasteiger partial charge on any atom is -0.456 e. The minimum absolute atomic E-state index is 0.00410. The Balaban J connectivity index is 1.85. The fraction of sp³-hybridized carbons (Fsp3) is 0.500. The van der Waals surface area contributed by atoms with Crippen molar-refractivity contribution in [1.82, 2.24) is 25.2 Å². The third kappa shape index (κ3) is 9.52. The van der Waals surface area contributed by atoms with Gasteiger partial charge in [0.2, 0.25) is 5.91 Å². The van der Waals surface area contributed by atoms with Gasteiger partial charge >= 0.3 is 17.9 Å². The molecule has 1 saturated heterocycles. The fourth-order valence-electron chi connectivity index (χ4n) is 4.37. The lowest BCUT2D eigenvalue weighted by atomic mass is 9.95. The van der Waals surface area contributed by atoms with E-state index in [1.165, 1.54) is 25.5 Å². The lowest BCUT2D eigenvalue weighted by molar-refractivity contribution is -0.274. The summed E-state index contributed by atoms with van der Waals surface area (Å²) >= 11 is 3.60. The van der Waals surface area contributed by atoms with Crippen molar-refractivity contribution in [1.29, 1.82) is 5.26 Å². The predicted molar refractivity (Wildman–Crippen MR) is 146 cm³/mol. The third-order valence-electron chi connectivity index (χ3n) is 6.03. The maximum atomic E-state index is 12.1. The highest BCUT2D eigenvalue weighted by Gasteiger charge is 2.51. The largest absolute Gasteiger partial charge is 0.456 e. The van der Waals surface area contributed by atoms with Crippen molar-refractivity contribution in [2.45, 2.75) is 77.2 Å². The summed E-state index contributed by atoms with van der Waals surface area (Å²) in [5, 5.41) is 20.2. The SMILES string of the molecule is CC(=O)N[C@H]1C(OC(C)=O)[C@@H](OC(C)=O)C(Cn2cc(-c3cccc(C#N)c3)nn2)O[C@H]1OCCCCC(=O)ONS. The van der Waals surface area contributed by atoms with Crippen LogP contribution in [-0.4, -0.2) is 76.1 Å². The quantitative estimate of drug-likeness (QED) is 0.0964. The first-order chi connectivity index (χ1) is 20.1. The molecule has 42 heavy (non-hydrogen) atoms. The first kappa shape index (κ1) is 32.5. The van der Waals surface area contributed by atoms with E-state index in [0.29, 0.717) is 29.7 Å². The summed E-state index contributed by atoms with van der Waals surface area (Å²) in [7, 11) is 0. The number of carbonyl (C=O) groups excluding carboxylic acids is 4. The number of esters is 2. The molecular formula is C26H32N6O9S. The molecule has 0 spiro atoms. The van der Waals surface area contributed by atoms with E-state index in [0.717, 1.165) is 0 Å². The van der Waals surface area contributed by atoms with Gasteiger partial charge in [-0.05, 0) is 25.0 Å². The van der Waals surface area contributed by atoms with Gasteiger partial charge in [0.05, 0.1) is 24.4 Å². The highest BCUT2D eigenvalue weighted by molar-refractivity contribution is 7.77. The minimum atomic E-state index is -1.18. The van der Waals surface area contributed by atoms with Crippen molar-refractivity contribution >= 4 is 36.6 Å². The maximum Gasteiger partial charge on any atom is 0.325 e. The van der Waals surface area contributed by atoms with E-state index in [9.17, 15) is 24.4 Å². The Kier molecular flexibility index (Phi) is 12.2. The number of ether oxygens (including phenoxy) is 4. The molecule has 1 aliphatic heterocycles. The van der Waals surface area contributed by atoms with Crippen LogP contribution in [0.5, 0.6) is 0 Å². The molecule has 2 heterocycles. The van der Waals surface area contributed by atoms with Gasteiger partial charge in [-0.2, -0.15) is 5.26 Å². The van der Waals surface area contributed by atoms with E-state index in [-0.39, 0.29) is 19.6 Å². The van der Waals surface area contributed by atoms with Gasteiger partial charge in [-0.1, -0.05) is 35.0 Å². The summed E-state index contributed by atoms with van der Waals surface area (Å²) in [5.41, 5.74) is 1.61. The highest BCUT2D eigenvalue weighted by atomic mass is 32.1. The van der Waals surface area contributed by atoms with E-state index in [1.807, 2.05) is 4.89 Å². The van der Waals surface area contributed by atoms with E-state index in [2.05, 4.69) is 39.4 Å². The standard InChI is InChI=1S/C26H32N6O9S/c1-15(33)28-23-25(39-17(3)35)24(38-16(2)34)21(40-26(23)37-10-5-4-9-22(36)41-31-42)14-32-13-20(29-30-32)19-8-6-7-18(11-19)12-27/h6-8,11,13,21,23-26,31,42H,4-5,9-10,14H2,1-3H3,(H,28,33)/t21?,23-,24-,25?,26+/m0/s1. The topological polar surface area (TPSA) is 193 Å². The van der Waals surface area contributed by atoms with Gasteiger partial charge in [-0.15, -0.1) is 5.10 Å². The average molecular weight is 605 g/mol. The number of amides is 1. The molecule has 15 nitrogen and oxygen atoms in total. The molecule has 1 amide bonds.